The molecule has 0 aliphatic heterocycles. The van der Waals surface area contributed by atoms with Gasteiger partial charge in [0.2, 0.25) is 0 Å². The first-order valence-electron chi connectivity index (χ1n) is 25.3. The van der Waals surface area contributed by atoms with Crippen molar-refractivity contribution in [2.24, 2.45) is 46.3 Å². The number of hydrogen-bond donors (Lipinski definition) is 0. The lowest BCUT2D eigenvalue weighted by Gasteiger charge is -2.32. The summed E-state index contributed by atoms with van der Waals surface area (Å²) in [5.41, 5.74) is -1.61. The quantitative estimate of drug-likeness (QED) is 0.0151. The molecule has 6 unspecified atom stereocenters. The maximum absolute atomic E-state index is 13.0. The number of carbonyl (C=O) groups excluding carboxylic acids is 6. The summed E-state index contributed by atoms with van der Waals surface area (Å²) in [4.78, 5) is 72.2. The lowest BCUT2D eigenvalue weighted by molar-refractivity contribution is -0.167. The van der Waals surface area contributed by atoms with Crippen LogP contribution in [-0.2, 0) is 74.9 Å². The molecule has 0 aromatic rings. The average molecular weight is 1070 g/mol. The highest BCUT2D eigenvalue weighted by atomic mass is 32.2. The zero-order valence-electron chi connectivity index (χ0n) is 44.7. The Balaban J connectivity index is 0.000000476. The third-order valence-electron chi connectivity index (χ3n) is 14.4. The van der Waals surface area contributed by atoms with Gasteiger partial charge in [-0.1, -0.05) is 77.7 Å². The molecule has 408 valence electrons. The van der Waals surface area contributed by atoms with Crippen molar-refractivity contribution in [3.05, 3.63) is 62.3 Å². The van der Waals surface area contributed by atoms with Crippen LogP contribution in [0.15, 0.2) is 62.3 Å². The summed E-state index contributed by atoms with van der Waals surface area (Å²) < 4.78 is 54.1. The van der Waals surface area contributed by atoms with Gasteiger partial charge in [0.05, 0.1) is 29.1 Å². The number of esters is 6. The van der Waals surface area contributed by atoms with Gasteiger partial charge in [-0.15, -0.1) is 0 Å². The van der Waals surface area contributed by atoms with Crippen LogP contribution in [-0.4, -0.2) is 133 Å². The molecule has 2 saturated carbocycles. The van der Waals surface area contributed by atoms with Crippen LogP contribution in [0, 0.1) is 46.3 Å². The van der Waals surface area contributed by atoms with Crippen LogP contribution < -0.4 is 0 Å². The fourth-order valence-corrected chi connectivity index (χ4v) is 12.7. The molecule has 16 nitrogen and oxygen atoms in total. The van der Waals surface area contributed by atoms with Gasteiger partial charge in [0.15, 0.2) is 0 Å². The molecular weight excluding hydrogens is 981 g/mol. The van der Waals surface area contributed by atoms with Crippen LogP contribution in [0.25, 0.3) is 0 Å². The summed E-state index contributed by atoms with van der Waals surface area (Å²) in [5, 5.41) is 0. The third-order valence-corrected chi connectivity index (χ3v) is 21.4. The molecule has 4 aliphatic carbocycles. The van der Waals surface area contributed by atoms with E-state index in [1.165, 1.54) is 12.8 Å². The number of ether oxygens (including phenoxy) is 6. The summed E-state index contributed by atoms with van der Waals surface area (Å²) in [7, 11) is 3.10. The van der Waals surface area contributed by atoms with Crippen LogP contribution in [0.5, 0.6) is 0 Å². The Kier molecular flexibility index (Phi) is 29.6. The number of allylic oxidation sites excluding steroid dienone is 4. The molecule has 0 radical (unpaired) electrons. The summed E-state index contributed by atoms with van der Waals surface area (Å²) in [6.45, 7) is 19.9. The minimum Gasteiger partial charge on any atom is -0.465 e. The first-order valence-corrected chi connectivity index (χ1v) is 31.5. The van der Waals surface area contributed by atoms with E-state index in [9.17, 15) is 28.8 Å². The molecule has 19 heteroatoms. The van der Waals surface area contributed by atoms with Gasteiger partial charge in [0.1, 0.15) is 39.6 Å². The predicted molar refractivity (Wildman–Crippen MR) is 282 cm³/mol. The molecule has 0 aromatic carbocycles. The van der Waals surface area contributed by atoms with E-state index in [4.69, 9.17) is 46.1 Å². The van der Waals surface area contributed by atoms with Crippen molar-refractivity contribution in [1.29, 1.82) is 0 Å². The Morgan fingerprint density at radius 2 is 0.917 bits per heavy atom. The van der Waals surface area contributed by atoms with Gasteiger partial charge in [-0.3, -0.25) is 14.4 Å². The average Bonchev–Trinajstić information content (AvgIpc) is 4.26. The molecule has 0 N–H and O–H groups in total. The predicted octanol–water partition coefficient (Wildman–Crippen LogP) is 9.04. The summed E-state index contributed by atoms with van der Waals surface area (Å²) >= 11 is 1.71. The Hall–Kier alpha value is -3.86. The minimum absolute atomic E-state index is 0.0481. The molecule has 4 rings (SSSR count). The first-order chi connectivity index (χ1) is 34.3. The maximum atomic E-state index is 13.0. The summed E-state index contributed by atoms with van der Waals surface area (Å²) in [6, 6.07) is 2.02. The highest BCUT2D eigenvalue weighted by molar-refractivity contribution is 7.99. The van der Waals surface area contributed by atoms with Gasteiger partial charge >= 0.3 is 52.9 Å². The number of fused-ring (bicyclic) bond motifs is 4. The number of unbranched alkanes of at least 4 members (excludes halogenated alkanes) is 1. The Morgan fingerprint density at radius 1 is 0.542 bits per heavy atom. The molecule has 0 aromatic heterocycles. The lowest BCUT2D eigenvalue weighted by atomic mass is 9.87. The van der Waals surface area contributed by atoms with Gasteiger partial charge in [-0.2, -0.15) is 11.8 Å². The number of carbonyl (C=O) groups is 6. The molecule has 2 fully saturated rings. The van der Waals surface area contributed by atoms with E-state index < -0.39 is 45.9 Å². The van der Waals surface area contributed by atoms with Gasteiger partial charge in [-0.05, 0) is 99.6 Å². The van der Waals surface area contributed by atoms with Gasteiger partial charge in [-0.25, -0.2) is 14.4 Å². The van der Waals surface area contributed by atoms with Crippen LogP contribution >= 0.6 is 11.8 Å². The molecule has 0 heterocycles. The molecule has 72 heavy (non-hydrogen) atoms. The smallest absolute Gasteiger partial charge is 0.334 e. The van der Waals surface area contributed by atoms with Crippen molar-refractivity contribution in [2.45, 2.75) is 110 Å². The second kappa shape index (κ2) is 33.1. The summed E-state index contributed by atoms with van der Waals surface area (Å²) in [6.07, 6.45) is 20.1. The number of hydrogen-bond acceptors (Lipinski definition) is 17. The van der Waals surface area contributed by atoms with Crippen LogP contribution in [0.1, 0.15) is 85.0 Å². The van der Waals surface area contributed by atoms with E-state index in [2.05, 4.69) is 57.5 Å². The largest absolute Gasteiger partial charge is 0.465 e. The third kappa shape index (κ3) is 21.9. The fraction of sp³-hybridized carbons (Fsp3) is 0.698. The van der Waals surface area contributed by atoms with Crippen molar-refractivity contribution >= 4 is 64.7 Å². The van der Waals surface area contributed by atoms with E-state index in [0.29, 0.717) is 36.9 Å². The maximum Gasteiger partial charge on any atom is 0.334 e. The molecular formula is C53H86O16SSi2. The normalized spacial score (nSPS) is 21.2. The SMILES string of the molecule is C=CC(=O)OCC(CC)(COC(=O)C=C)COC(=O)C=C.CCC(COC(=O)CCSCCC[Si](C)(OC)OC)(COC(=O)C1CC2C=CC1C2)COC(=O)C1CC2C=CC1C2.CCCC[Si](C)(OC)OC. The van der Waals surface area contributed by atoms with Crippen molar-refractivity contribution in [1.82, 2.24) is 0 Å². The van der Waals surface area contributed by atoms with Crippen molar-refractivity contribution in [3.63, 3.8) is 0 Å². The standard InChI is InChI=1S/C31H48O8SSi.C15H20O6.C7H18O2Si/c1-5-31(20-38-29(33)26-17-22-7-9-24(26)15-22,21-39-30(34)27-18-23-8-10-25(27)16-23)19-37-28(32)11-13-40-12-6-14-41(4,35-2)36-3;1-5-12(16)19-9-15(8-4,10-20-13(17)6-2)11-21-14(18)7-3;1-5-6-7-10(4,8-2)9-3/h7-10,22-27H,5-6,11-21H2,1-4H3;5-7H,1-3,8-11H2,4H3;5-7H2,1-4H3. The first kappa shape index (κ1) is 64.3. The van der Waals surface area contributed by atoms with Gasteiger partial charge in [0, 0.05) is 52.4 Å². The number of thioether (sulfide) groups is 1. The molecule has 0 saturated heterocycles. The van der Waals surface area contributed by atoms with E-state index in [1.54, 1.807) is 47.1 Å². The second-order valence-corrected chi connectivity index (χ2v) is 27.8. The van der Waals surface area contributed by atoms with E-state index >= 15 is 0 Å². The lowest BCUT2D eigenvalue weighted by Crippen LogP contribution is -2.40. The van der Waals surface area contributed by atoms with Gasteiger partial charge in [0.25, 0.3) is 0 Å². The Labute approximate surface area is 436 Å². The monoisotopic (exact) mass is 1070 g/mol. The topological polar surface area (TPSA) is 195 Å². The zero-order chi connectivity index (χ0) is 53.8. The van der Waals surface area contributed by atoms with Crippen LogP contribution in [0.2, 0.25) is 25.2 Å². The Morgan fingerprint density at radius 3 is 1.24 bits per heavy atom. The fourth-order valence-electron chi connectivity index (χ4n) is 8.61. The van der Waals surface area contributed by atoms with Crippen molar-refractivity contribution in [2.75, 3.05) is 79.6 Å². The Bertz CT molecular complexity index is 1700. The van der Waals surface area contributed by atoms with Crippen molar-refractivity contribution in [3.8, 4) is 0 Å². The minimum atomic E-state index is -2.06. The highest BCUT2D eigenvalue weighted by Crippen LogP contribution is 2.45. The highest BCUT2D eigenvalue weighted by Gasteiger charge is 2.44. The van der Waals surface area contributed by atoms with Gasteiger partial charge < -0.3 is 46.1 Å². The second-order valence-electron chi connectivity index (χ2n) is 19.4. The molecule has 6 atom stereocenters. The zero-order valence-corrected chi connectivity index (χ0v) is 47.5. The van der Waals surface area contributed by atoms with Crippen LogP contribution in [0.4, 0.5) is 0 Å². The van der Waals surface area contributed by atoms with Crippen molar-refractivity contribution < 1.29 is 74.9 Å². The van der Waals surface area contributed by atoms with Crippen LogP contribution in [0.3, 0.4) is 0 Å². The molecule has 0 spiro atoms. The van der Waals surface area contributed by atoms with E-state index in [1.807, 2.05) is 13.5 Å². The number of rotatable bonds is 33. The molecule has 4 bridgehead atoms. The van der Waals surface area contributed by atoms with E-state index in [-0.39, 0.29) is 81.2 Å². The summed E-state index contributed by atoms with van der Waals surface area (Å²) in [5.74, 6) is 0.259. The van der Waals surface area contributed by atoms with E-state index in [0.717, 1.165) is 68.2 Å². The molecule has 0 amide bonds. The molecule has 4 aliphatic rings.